The third kappa shape index (κ3) is 1.90. The van der Waals surface area contributed by atoms with Crippen molar-refractivity contribution in [3.05, 3.63) is 33.4 Å². The SMILES string of the molecule is Cc1cc2c(cc1[N+](=O)[O-])S(=O)(=O)CCC2(C)C. The lowest BCUT2D eigenvalue weighted by molar-refractivity contribution is -0.385. The summed E-state index contributed by atoms with van der Waals surface area (Å²) < 4.78 is 24.0. The molecule has 0 saturated heterocycles. The maximum absolute atomic E-state index is 12.0. The van der Waals surface area contributed by atoms with Crippen molar-refractivity contribution >= 4 is 15.5 Å². The van der Waals surface area contributed by atoms with Gasteiger partial charge in [-0.05, 0) is 30.4 Å². The first kappa shape index (κ1) is 13.0. The zero-order valence-corrected chi connectivity index (χ0v) is 11.4. The second kappa shape index (κ2) is 3.78. The van der Waals surface area contributed by atoms with Gasteiger partial charge in [-0.15, -0.1) is 0 Å². The Hall–Kier alpha value is -1.43. The zero-order chi connectivity index (χ0) is 13.7. The van der Waals surface area contributed by atoms with E-state index in [4.69, 9.17) is 0 Å². The highest BCUT2D eigenvalue weighted by Gasteiger charge is 2.37. The van der Waals surface area contributed by atoms with Gasteiger partial charge in [0.1, 0.15) is 0 Å². The van der Waals surface area contributed by atoms with E-state index in [1.807, 2.05) is 13.8 Å². The van der Waals surface area contributed by atoms with Gasteiger partial charge in [-0.3, -0.25) is 10.1 Å². The number of nitro groups is 1. The molecule has 0 amide bonds. The number of sulfone groups is 1. The van der Waals surface area contributed by atoms with Crippen LogP contribution in [-0.2, 0) is 15.3 Å². The summed E-state index contributed by atoms with van der Waals surface area (Å²) in [5.74, 6) is 0.0488. The van der Waals surface area contributed by atoms with E-state index in [2.05, 4.69) is 0 Å². The molecule has 0 N–H and O–H groups in total. The van der Waals surface area contributed by atoms with Crippen LogP contribution in [0.2, 0.25) is 0 Å². The van der Waals surface area contributed by atoms with E-state index in [0.29, 0.717) is 17.5 Å². The van der Waals surface area contributed by atoms with Gasteiger partial charge in [0.2, 0.25) is 0 Å². The first-order valence-electron chi connectivity index (χ1n) is 5.67. The minimum atomic E-state index is -3.39. The molecule has 0 aromatic heterocycles. The molecule has 0 atom stereocenters. The fourth-order valence-electron chi connectivity index (χ4n) is 2.29. The fraction of sp³-hybridized carbons (Fsp3) is 0.500. The Morgan fingerprint density at radius 1 is 1.33 bits per heavy atom. The summed E-state index contributed by atoms with van der Waals surface area (Å²) in [7, 11) is -3.39. The highest BCUT2D eigenvalue weighted by Crippen LogP contribution is 2.40. The van der Waals surface area contributed by atoms with Crippen molar-refractivity contribution in [2.24, 2.45) is 0 Å². The Balaban J connectivity index is 2.81. The van der Waals surface area contributed by atoms with Gasteiger partial charge >= 0.3 is 0 Å². The van der Waals surface area contributed by atoms with Crippen molar-refractivity contribution < 1.29 is 13.3 Å². The highest BCUT2D eigenvalue weighted by molar-refractivity contribution is 7.91. The molecule has 18 heavy (non-hydrogen) atoms. The average molecular weight is 269 g/mol. The average Bonchev–Trinajstić information content (AvgIpc) is 2.24. The molecule has 0 saturated carbocycles. The largest absolute Gasteiger partial charge is 0.273 e. The Morgan fingerprint density at radius 2 is 1.94 bits per heavy atom. The molecule has 1 aromatic rings. The molecule has 1 aliphatic rings. The smallest absolute Gasteiger partial charge is 0.258 e. The van der Waals surface area contributed by atoms with Gasteiger partial charge in [-0.25, -0.2) is 8.42 Å². The number of hydrogen-bond acceptors (Lipinski definition) is 4. The molecule has 6 heteroatoms. The summed E-state index contributed by atoms with van der Waals surface area (Å²) >= 11 is 0. The van der Waals surface area contributed by atoms with Gasteiger partial charge in [-0.1, -0.05) is 13.8 Å². The molecule has 1 heterocycles. The van der Waals surface area contributed by atoms with Crippen LogP contribution in [0.25, 0.3) is 0 Å². The van der Waals surface area contributed by atoms with E-state index in [1.54, 1.807) is 13.0 Å². The van der Waals surface area contributed by atoms with Gasteiger partial charge < -0.3 is 0 Å². The van der Waals surface area contributed by atoms with Crippen molar-refractivity contribution in [3.63, 3.8) is 0 Å². The monoisotopic (exact) mass is 269 g/mol. The van der Waals surface area contributed by atoms with Crippen molar-refractivity contribution in [3.8, 4) is 0 Å². The number of rotatable bonds is 1. The van der Waals surface area contributed by atoms with Crippen LogP contribution in [0.15, 0.2) is 17.0 Å². The topological polar surface area (TPSA) is 77.3 Å². The van der Waals surface area contributed by atoms with E-state index < -0.39 is 14.8 Å². The number of fused-ring (bicyclic) bond motifs is 1. The first-order valence-corrected chi connectivity index (χ1v) is 7.33. The van der Waals surface area contributed by atoms with Crippen LogP contribution in [0.5, 0.6) is 0 Å². The lowest BCUT2D eigenvalue weighted by atomic mass is 9.81. The van der Waals surface area contributed by atoms with Crippen LogP contribution >= 0.6 is 0 Å². The lowest BCUT2D eigenvalue weighted by Gasteiger charge is -2.32. The molecule has 2 rings (SSSR count). The molecule has 0 aliphatic carbocycles. The predicted molar refractivity (Wildman–Crippen MR) is 67.5 cm³/mol. The summed E-state index contributed by atoms with van der Waals surface area (Å²) in [4.78, 5) is 10.5. The van der Waals surface area contributed by atoms with Gasteiger partial charge in [0.25, 0.3) is 5.69 Å². The number of aryl methyl sites for hydroxylation is 1. The number of benzene rings is 1. The summed E-state index contributed by atoms with van der Waals surface area (Å²) in [6.07, 6.45) is 0.541. The summed E-state index contributed by atoms with van der Waals surface area (Å²) in [5.41, 5.74) is 0.802. The normalized spacial score (nSPS) is 20.2. The molecule has 1 aliphatic heterocycles. The van der Waals surface area contributed by atoms with E-state index in [9.17, 15) is 18.5 Å². The molecule has 0 unspecified atom stereocenters. The van der Waals surface area contributed by atoms with Gasteiger partial charge in [0.15, 0.2) is 9.84 Å². The third-order valence-electron chi connectivity index (χ3n) is 3.55. The molecule has 0 fully saturated rings. The van der Waals surface area contributed by atoms with Crippen LogP contribution in [-0.4, -0.2) is 19.1 Å². The van der Waals surface area contributed by atoms with Crippen LogP contribution in [0, 0.1) is 17.0 Å². The Bertz CT molecular complexity index is 632. The zero-order valence-electron chi connectivity index (χ0n) is 10.6. The third-order valence-corrected chi connectivity index (χ3v) is 5.30. The number of nitrogens with zero attached hydrogens (tertiary/aromatic N) is 1. The highest BCUT2D eigenvalue weighted by atomic mass is 32.2. The predicted octanol–water partition coefficient (Wildman–Crippen LogP) is 2.36. The van der Waals surface area contributed by atoms with Crippen LogP contribution in [0.4, 0.5) is 5.69 Å². The van der Waals surface area contributed by atoms with Crippen LogP contribution in [0.3, 0.4) is 0 Å². The molecule has 0 spiro atoms. The Labute approximate surface area is 106 Å². The summed E-state index contributed by atoms with van der Waals surface area (Å²) in [6.45, 7) is 5.56. The van der Waals surface area contributed by atoms with E-state index in [1.165, 1.54) is 6.07 Å². The summed E-state index contributed by atoms with van der Waals surface area (Å²) in [5, 5.41) is 10.9. The van der Waals surface area contributed by atoms with E-state index in [0.717, 1.165) is 0 Å². The van der Waals surface area contributed by atoms with Gasteiger partial charge in [0.05, 0.1) is 15.6 Å². The molecular weight excluding hydrogens is 254 g/mol. The van der Waals surface area contributed by atoms with Crippen LogP contribution in [0.1, 0.15) is 31.4 Å². The molecule has 5 nitrogen and oxygen atoms in total. The van der Waals surface area contributed by atoms with E-state index in [-0.39, 0.29) is 21.8 Å². The second-order valence-electron chi connectivity index (χ2n) is 5.34. The van der Waals surface area contributed by atoms with Gasteiger partial charge in [0, 0.05) is 11.6 Å². The maximum atomic E-state index is 12.0. The van der Waals surface area contributed by atoms with Crippen molar-refractivity contribution in [1.82, 2.24) is 0 Å². The second-order valence-corrected chi connectivity index (χ2v) is 7.42. The Kier molecular flexibility index (Phi) is 2.73. The molecule has 0 radical (unpaired) electrons. The number of nitro benzene ring substituents is 1. The van der Waals surface area contributed by atoms with E-state index >= 15 is 0 Å². The maximum Gasteiger partial charge on any atom is 0.273 e. The molecular formula is C12H15NO4S. The minimum absolute atomic E-state index is 0.0488. The van der Waals surface area contributed by atoms with Gasteiger partial charge in [-0.2, -0.15) is 0 Å². The fourth-order valence-corrected chi connectivity index (χ4v) is 4.25. The molecule has 1 aromatic carbocycles. The minimum Gasteiger partial charge on any atom is -0.258 e. The molecule has 0 bridgehead atoms. The first-order chi connectivity index (χ1) is 8.15. The number of hydrogen-bond donors (Lipinski definition) is 0. The van der Waals surface area contributed by atoms with Crippen molar-refractivity contribution in [1.29, 1.82) is 0 Å². The Morgan fingerprint density at radius 3 is 2.50 bits per heavy atom. The summed E-state index contributed by atoms with van der Waals surface area (Å²) in [6, 6.07) is 2.85. The van der Waals surface area contributed by atoms with Crippen molar-refractivity contribution in [2.75, 3.05) is 5.75 Å². The van der Waals surface area contributed by atoms with Crippen LogP contribution < -0.4 is 0 Å². The standard InChI is InChI=1S/C12H15NO4S/c1-8-6-9-11(7-10(8)13(14)15)18(16,17)5-4-12(9,2)3/h6-7H,4-5H2,1-3H3. The molecule has 98 valence electrons. The quantitative estimate of drug-likeness (QED) is 0.579. The lowest BCUT2D eigenvalue weighted by Crippen LogP contribution is -2.30. The van der Waals surface area contributed by atoms with Crippen molar-refractivity contribution in [2.45, 2.75) is 37.5 Å².